The van der Waals surface area contributed by atoms with Crippen LogP contribution in [0.15, 0.2) is 24.3 Å². The zero-order valence-electron chi connectivity index (χ0n) is 19.6. The van der Waals surface area contributed by atoms with Crippen molar-refractivity contribution in [2.24, 2.45) is 5.92 Å². The van der Waals surface area contributed by atoms with Crippen LogP contribution in [0.1, 0.15) is 32.5 Å². The van der Waals surface area contributed by atoms with Crippen LogP contribution in [0.2, 0.25) is 0 Å². The van der Waals surface area contributed by atoms with E-state index in [1.54, 1.807) is 0 Å². The van der Waals surface area contributed by atoms with Crippen molar-refractivity contribution in [3.63, 3.8) is 0 Å². The number of benzene rings is 1. The van der Waals surface area contributed by atoms with Gasteiger partial charge in [0, 0.05) is 38.2 Å². The van der Waals surface area contributed by atoms with Gasteiger partial charge in [-0.1, -0.05) is 26.0 Å². The van der Waals surface area contributed by atoms with Crippen LogP contribution < -0.4 is 5.32 Å². The first kappa shape index (κ1) is 23.4. The highest BCUT2D eigenvalue weighted by atomic mass is 16.5. The number of esters is 1. The van der Waals surface area contributed by atoms with Crippen molar-refractivity contribution in [2.45, 2.75) is 45.4 Å². The van der Waals surface area contributed by atoms with Crippen molar-refractivity contribution in [2.75, 3.05) is 45.2 Å². The standard InChI is InChI=1S/C24H33N5O4/c1-16(2)21(24(31)32-3)27-22-17-7-4-5-8-18(17)25-20(26-22)15-28-10-12-29(13-11-28)23(30)19-9-6-14-33-19/h4-5,7-8,16,19,21H,6,9-15H2,1-3H3,(H,25,26,27)/t19?,21-/m0/s1. The van der Waals surface area contributed by atoms with Crippen molar-refractivity contribution >= 4 is 28.6 Å². The van der Waals surface area contributed by atoms with Crippen LogP contribution in [0, 0.1) is 5.92 Å². The molecular formula is C24H33N5O4. The van der Waals surface area contributed by atoms with Gasteiger partial charge >= 0.3 is 5.97 Å². The monoisotopic (exact) mass is 455 g/mol. The summed E-state index contributed by atoms with van der Waals surface area (Å²) in [4.78, 5) is 38.6. The third-order valence-corrected chi connectivity index (χ3v) is 6.32. The molecule has 4 rings (SSSR count). The highest BCUT2D eigenvalue weighted by Crippen LogP contribution is 2.23. The molecule has 9 heteroatoms. The normalized spacial score (nSPS) is 20.2. The van der Waals surface area contributed by atoms with E-state index in [1.165, 1.54) is 7.11 Å². The summed E-state index contributed by atoms with van der Waals surface area (Å²) in [6, 6.07) is 7.27. The number of methoxy groups -OCH3 is 1. The highest BCUT2D eigenvalue weighted by molar-refractivity contribution is 5.91. The molecule has 2 aromatic rings. The second kappa shape index (κ2) is 10.4. The zero-order valence-corrected chi connectivity index (χ0v) is 19.6. The SMILES string of the molecule is COC(=O)[C@@H](Nc1nc(CN2CCN(C(=O)C3CCCO3)CC2)nc2ccccc12)C(C)C. The van der Waals surface area contributed by atoms with Crippen molar-refractivity contribution in [1.82, 2.24) is 19.8 Å². The van der Waals surface area contributed by atoms with Gasteiger partial charge in [0.1, 0.15) is 23.8 Å². The van der Waals surface area contributed by atoms with Gasteiger partial charge in [-0.25, -0.2) is 14.8 Å². The Bertz CT molecular complexity index is 984. The Morgan fingerprint density at radius 1 is 1.18 bits per heavy atom. The van der Waals surface area contributed by atoms with Gasteiger partial charge in [-0.15, -0.1) is 0 Å². The molecule has 1 amide bonds. The lowest BCUT2D eigenvalue weighted by atomic mass is 10.0. The number of rotatable bonds is 7. The van der Waals surface area contributed by atoms with Crippen LogP contribution in [0.4, 0.5) is 5.82 Å². The van der Waals surface area contributed by atoms with E-state index in [0.29, 0.717) is 37.9 Å². The minimum absolute atomic E-state index is 0.0316. The van der Waals surface area contributed by atoms with E-state index in [-0.39, 0.29) is 23.9 Å². The molecule has 0 saturated carbocycles. The lowest BCUT2D eigenvalue weighted by molar-refractivity contribution is -0.143. The molecule has 9 nitrogen and oxygen atoms in total. The molecular weight excluding hydrogens is 422 g/mol. The second-order valence-corrected chi connectivity index (χ2v) is 9.00. The second-order valence-electron chi connectivity index (χ2n) is 9.00. The topological polar surface area (TPSA) is 96.9 Å². The number of aromatic nitrogens is 2. The predicted molar refractivity (Wildman–Crippen MR) is 125 cm³/mol. The van der Waals surface area contributed by atoms with Crippen molar-refractivity contribution in [1.29, 1.82) is 0 Å². The van der Waals surface area contributed by atoms with Crippen molar-refractivity contribution in [3.8, 4) is 0 Å². The Morgan fingerprint density at radius 2 is 1.94 bits per heavy atom. The highest BCUT2D eigenvalue weighted by Gasteiger charge is 2.30. The number of hydrogen-bond donors (Lipinski definition) is 1. The fourth-order valence-corrected chi connectivity index (χ4v) is 4.38. The van der Waals surface area contributed by atoms with Gasteiger partial charge in [-0.2, -0.15) is 0 Å². The molecule has 0 aliphatic carbocycles. The van der Waals surface area contributed by atoms with E-state index in [4.69, 9.17) is 19.4 Å². The Morgan fingerprint density at radius 3 is 2.61 bits per heavy atom. The van der Waals surface area contributed by atoms with Gasteiger partial charge in [-0.3, -0.25) is 9.69 Å². The number of amides is 1. The Balaban J connectivity index is 1.47. The van der Waals surface area contributed by atoms with E-state index in [1.807, 2.05) is 43.0 Å². The number of para-hydroxylation sites is 1. The summed E-state index contributed by atoms with van der Waals surface area (Å²) in [5.74, 6) is 1.14. The average molecular weight is 456 g/mol. The number of carbonyl (C=O) groups excluding carboxylic acids is 2. The van der Waals surface area contributed by atoms with E-state index >= 15 is 0 Å². The molecule has 0 spiro atoms. The first-order valence-electron chi connectivity index (χ1n) is 11.7. The quantitative estimate of drug-likeness (QED) is 0.634. The maximum Gasteiger partial charge on any atom is 0.328 e. The first-order chi connectivity index (χ1) is 16.0. The molecule has 0 radical (unpaired) electrons. The summed E-state index contributed by atoms with van der Waals surface area (Å²) in [6.07, 6.45) is 1.51. The minimum atomic E-state index is -0.506. The third kappa shape index (κ3) is 5.42. The number of carbonyl (C=O) groups is 2. The molecule has 0 bridgehead atoms. The van der Waals surface area contributed by atoms with Crippen LogP contribution in [-0.2, 0) is 25.6 Å². The first-order valence-corrected chi connectivity index (χ1v) is 11.7. The van der Waals surface area contributed by atoms with Gasteiger partial charge in [-0.05, 0) is 30.9 Å². The van der Waals surface area contributed by atoms with Crippen LogP contribution in [0.25, 0.3) is 10.9 Å². The number of ether oxygens (including phenoxy) is 2. The molecule has 1 unspecified atom stereocenters. The van der Waals surface area contributed by atoms with Crippen LogP contribution in [-0.4, -0.2) is 83.7 Å². The number of fused-ring (bicyclic) bond motifs is 1. The maximum absolute atomic E-state index is 12.6. The molecule has 2 fully saturated rings. The Kier molecular flexibility index (Phi) is 7.39. The third-order valence-electron chi connectivity index (χ3n) is 6.32. The minimum Gasteiger partial charge on any atom is -0.467 e. The number of nitrogens with one attached hydrogen (secondary N) is 1. The molecule has 2 aliphatic heterocycles. The van der Waals surface area contributed by atoms with Gasteiger partial charge in [0.15, 0.2) is 0 Å². The average Bonchev–Trinajstić information content (AvgIpc) is 3.37. The van der Waals surface area contributed by atoms with Crippen LogP contribution >= 0.6 is 0 Å². The molecule has 1 aromatic carbocycles. The fourth-order valence-electron chi connectivity index (χ4n) is 4.38. The lowest BCUT2D eigenvalue weighted by Crippen LogP contribution is -2.51. The summed E-state index contributed by atoms with van der Waals surface area (Å²) in [6.45, 7) is 8.06. The number of anilines is 1. The van der Waals surface area contributed by atoms with E-state index in [9.17, 15) is 9.59 Å². The van der Waals surface area contributed by atoms with E-state index in [2.05, 4.69) is 10.2 Å². The van der Waals surface area contributed by atoms with E-state index in [0.717, 1.165) is 36.8 Å². The predicted octanol–water partition coefficient (Wildman–Crippen LogP) is 2.06. The summed E-state index contributed by atoms with van der Waals surface area (Å²) in [5.41, 5.74) is 0.824. The Hall–Kier alpha value is -2.78. The van der Waals surface area contributed by atoms with Gasteiger partial charge in [0.2, 0.25) is 0 Å². The molecule has 2 atom stereocenters. The van der Waals surface area contributed by atoms with Crippen LogP contribution in [0.5, 0.6) is 0 Å². The molecule has 1 N–H and O–H groups in total. The number of nitrogens with zero attached hydrogens (tertiary/aromatic N) is 4. The maximum atomic E-state index is 12.6. The molecule has 33 heavy (non-hydrogen) atoms. The summed E-state index contributed by atoms with van der Waals surface area (Å²) in [5, 5.41) is 4.16. The summed E-state index contributed by atoms with van der Waals surface area (Å²) >= 11 is 0. The smallest absolute Gasteiger partial charge is 0.328 e. The van der Waals surface area contributed by atoms with Crippen LogP contribution in [0.3, 0.4) is 0 Å². The molecule has 1 aromatic heterocycles. The van der Waals surface area contributed by atoms with Gasteiger partial charge in [0.25, 0.3) is 5.91 Å². The van der Waals surface area contributed by atoms with Crippen molar-refractivity contribution < 1.29 is 19.1 Å². The summed E-state index contributed by atoms with van der Waals surface area (Å²) < 4.78 is 10.5. The molecule has 2 aliphatic rings. The molecule has 178 valence electrons. The van der Waals surface area contributed by atoms with Crippen molar-refractivity contribution in [3.05, 3.63) is 30.1 Å². The van der Waals surface area contributed by atoms with Gasteiger partial charge in [0.05, 0.1) is 19.2 Å². The van der Waals surface area contributed by atoms with E-state index < -0.39 is 6.04 Å². The van der Waals surface area contributed by atoms with Gasteiger partial charge < -0.3 is 19.7 Å². The largest absolute Gasteiger partial charge is 0.467 e. The number of hydrogen-bond acceptors (Lipinski definition) is 8. The molecule has 2 saturated heterocycles. The zero-order chi connectivity index (χ0) is 23.4. The number of piperazine rings is 1. The molecule has 3 heterocycles. The Labute approximate surface area is 194 Å². The summed E-state index contributed by atoms with van der Waals surface area (Å²) in [7, 11) is 1.39. The lowest BCUT2D eigenvalue weighted by Gasteiger charge is -2.35. The fraction of sp³-hybridized carbons (Fsp3) is 0.583.